The van der Waals surface area contributed by atoms with Crippen molar-refractivity contribution in [1.82, 2.24) is 25.0 Å². The van der Waals surface area contributed by atoms with Gasteiger partial charge in [0.1, 0.15) is 17.7 Å². The molecule has 2 aromatic rings. The first-order chi connectivity index (χ1) is 12.1. The molecule has 0 spiro atoms. The number of methoxy groups -OCH3 is 1. The monoisotopic (exact) mass is 348 g/mol. The van der Waals surface area contributed by atoms with Gasteiger partial charge in [0.05, 0.1) is 25.5 Å². The van der Waals surface area contributed by atoms with Gasteiger partial charge in [-0.3, -0.25) is 4.90 Å². The van der Waals surface area contributed by atoms with Crippen LogP contribution in [0.15, 0.2) is 10.6 Å². The molecule has 1 fully saturated rings. The van der Waals surface area contributed by atoms with Gasteiger partial charge in [-0.1, -0.05) is 5.16 Å². The summed E-state index contributed by atoms with van der Waals surface area (Å²) in [6, 6.07) is 1.94. The van der Waals surface area contributed by atoms with E-state index in [1.54, 1.807) is 14.0 Å². The Balaban J connectivity index is 1.65. The van der Waals surface area contributed by atoms with E-state index in [9.17, 15) is 0 Å². The van der Waals surface area contributed by atoms with Crippen LogP contribution in [0, 0.1) is 13.8 Å². The molecule has 1 aliphatic heterocycles. The van der Waals surface area contributed by atoms with Crippen molar-refractivity contribution in [1.29, 1.82) is 0 Å². The van der Waals surface area contributed by atoms with Gasteiger partial charge in [0.15, 0.2) is 5.82 Å². The Kier molecular flexibility index (Phi) is 5.90. The number of ether oxygens (including phenoxy) is 2. The van der Waals surface area contributed by atoms with Gasteiger partial charge < -0.3 is 19.3 Å². The maximum Gasteiger partial charge on any atom is 0.223 e. The number of aryl methyl sites for hydroxylation is 2. The molecule has 1 aliphatic rings. The number of aromatic nitrogens is 4. The summed E-state index contributed by atoms with van der Waals surface area (Å²) in [5, 5.41) is 7.20. The second-order valence-corrected chi connectivity index (χ2v) is 5.97. The molecule has 0 aliphatic carbocycles. The maximum atomic E-state index is 5.92. The highest BCUT2D eigenvalue weighted by atomic mass is 16.5. The summed E-state index contributed by atoms with van der Waals surface area (Å²) in [7, 11) is 1.67. The van der Waals surface area contributed by atoms with E-state index in [1.165, 1.54) is 0 Å². The minimum absolute atomic E-state index is 0.105. The number of anilines is 1. The lowest BCUT2D eigenvalue weighted by Crippen LogP contribution is -2.38. The van der Waals surface area contributed by atoms with Crippen molar-refractivity contribution in [3.63, 3.8) is 0 Å². The summed E-state index contributed by atoms with van der Waals surface area (Å²) in [5.74, 6) is 2.78. The van der Waals surface area contributed by atoms with Gasteiger partial charge in [-0.05, 0) is 6.92 Å². The fourth-order valence-electron chi connectivity index (χ4n) is 2.76. The molecule has 0 amide bonds. The SMILES string of the molecule is COCCNc1cc([C@H]2CN(Cc3noc(C)n3)CCO2)nc(C)n1. The first kappa shape index (κ1) is 17.7. The number of hydrogen-bond donors (Lipinski definition) is 1. The average molecular weight is 348 g/mol. The van der Waals surface area contributed by atoms with Crippen molar-refractivity contribution < 1.29 is 14.0 Å². The third-order valence-corrected chi connectivity index (χ3v) is 3.89. The molecule has 1 N–H and O–H groups in total. The zero-order chi connectivity index (χ0) is 17.6. The number of hydrogen-bond acceptors (Lipinski definition) is 9. The standard InChI is InChI=1S/C16H24N6O3/c1-11-18-13(8-15(19-11)17-4-6-23-3)14-9-22(5-7-24-14)10-16-20-12(2)25-21-16/h8,14H,4-7,9-10H2,1-3H3,(H,17,18,19)/t14-/m1/s1. The smallest absolute Gasteiger partial charge is 0.223 e. The molecule has 0 radical (unpaired) electrons. The summed E-state index contributed by atoms with van der Waals surface area (Å²) >= 11 is 0. The van der Waals surface area contributed by atoms with Gasteiger partial charge in [-0.25, -0.2) is 9.97 Å². The van der Waals surface area contributed by atoms with Crippen LogP contribution in [0.5, 0.6) is 0 Å². The second kappa shape index (κ2) is 8.32. The summed E-state index contributed by atoms with van der Waals surface area (Å²) < 4.78 is 16.0. The molecule has 0 bridgehead atoms. The van der Waals surface area contributed by atoms with Crippen molar-refractivity contribution >= 4 is 5.82 Å². The van der Waals surface area contributed by atoms with E-state index in [4.69, 9.17) is 14.0 Å². The van der Waals surface area contributed by atoms with Crippen LogP contribution < -0.4 is 5.32 Å². The molecule has 136 valence electrons. The van der Waals surface area contributed by atoms with Crippen LogP contribution in [0.3, 0.4) is 0 Å². The second-order valence-electron chi connectivity index (χ2n) is 5.97. The van der Waals surface area contributed by atoms with Gasteiger partial charge in [0.25, 0.3) is 0 Å². The minimum Gasteiger partial charge on any atom is -0.383 e. The molecule has 0 aromatic carbocycles. The van der Waals surface area contributed by atoms with Crippen LogP contribution >= 0.6 is 0 Å². The summed E-state index contributed by atoms with van der Waals surface area (Å²) in [6.45, 7) is 7.82. The molecule has 2 aromatic heterocycles. The summed E-state index contributed by atoms with van der Waals surface area (Å²) in [5.41, 5.74) is 0.876. The van der Waals surface area contributed by atoms with E-state index in [0.717, 1.165) is 24.6 Å². The molecule has 9 nitrogen and oxygen atoms in total. The van der Waals surface area contributed by atoms with Crippen LogP contribution in [0.25, 0.3) is 0 Å². The Morgan fingerprint density at radius 2 is 2.20 bits per heavy atom. The van der Waals surface area contributed by atoms with E-state index in [2.05, 4.69) is 30.3 Å². The number of morpholine rings is 1. The van der Waals surface area contributed by atoms with Gasteiger partial charge in [0.2, 0.25) is 5.89 Å². The third-order valence-electron chi connectivity index (χ3n) is 3.89. The first-order valence-corrected chi connectivity index (χ1v) is 8.35. The highest BCUT2D eigenvalue weighted by Gasteiger charge is 2.25. The van der Waals surface area contributed by atoms with Crippen molar-refractivity contribution in [2.24, 2.45) is 0 Å². The molecular formula is C16H24N6O3. The third kappa shape index (κ3) is 4.94. The quantitative estimate of drug-likeness (QED) is 0.738. The van der Waals surface area contributed by atoms with Crippen molar-refractivity contribution in [2.45, 2.75) is 26.5 Å². The van der Waals surface area contributed by atoms with Gasteiger partial charge in [0, 0.05) is 39.7 Å². The van der Waals surface area contributed by atoms with E-state index >= 15 is 0 Å². The highest BCUT2D eigenvalue weighted by molar-refractivity contribution is 5.36. The van der Waals surface area contributed by atoms with Crippen LogP contribution in [0.4, 0.5) is 5.82 Å². The molecule has 3 heterocycles. The van der Waals surface area contributed by atoms with E-state index < -0.39 is 0 Å². The van der Waals surface area contributed by atoms with Gasteiger partial charge in [-0.15, -0.1) is 0 Å². The lowest BCUT2D eigenvalue weighted by molar-refractivity contribution is -0.0359. The largest absolute Gasteiger partial charge is 0.383 e. The Morgan fingerprint density at radius 1 is 1.32 bits per heavy atom. The van der Waals surface area contributed by atoms with E-state index in [1.807, 2.05) is 13.0 Å². The fraction of sp³-hybridized carbons (Fsp3) is 0.625. The Bertz CT molecular complexity index is 692. The molecule has 0 saturated carbocycles. The maximum absolute atomic E-state index is 5.92. The zero-order valence-electron chi connectivity index (χ0n) is 14.9. The fourth-order valence-corrected chi connectivity index (χ4v) is 2.76. The molecule has 1 saturated heterocycles. The predicted octanol–water partition coefficient (Wildman–Crippen LogP) is 1.11. The Morgan fingerprint density at radius 3 is 2.96 bits per heavy atom. The molecule has 9 heteroatoms. The molecule has 0 unspecified atom stereocenters. The normalized spacial score (nSPS) is 18.4. The summed E-state index contributed by atoms with van der Waals surface area (Å²) in [6.07, 6.45) is -0.105. The van der Waals surface area contributed by atoms with Crippen LogP contribution in [0.1, 0.15) is 29.3 Å². The van der Waals surface area contributed by atoms with Crippen molar-refractivity contribution in [3.8, 4) is 0 Å². The molecule has 25 heavy (non-hydrogen) atoms. The van der Waals surface area contributed by atoms with Crippen molar-refractivity contribution in [3.05, 3.63) is 29.3 Å². The van der Waals surface area contributed by atoms with Crippen LogP contribution in [-0.4, -0.2) is 65.0 Å². The van der Waals surface area contributed by atoms with Crippen LogP contribution in [0.2, 0.25) is 0 Å². The van der Waals surface area contributed by atoms with Gasteiger partial charge >= 0.3 is 0 Å². The highest BCUT2D eigenvalue weighted by Crippen LogP contribution is 2.23. The zero-order valence-corrected chi connectivity index (χ0v) is 14.9. The predicted molar refractivity (Wildman–Crippen MR) is 90.1 cm³/mol. The van der Waals surface area contributed by atoms with Gasteiger partial charge in [-0.2, -0.15) is 4.98 Å². The topological polar surface area (TPSA) is 98.4 Å². The number of rotatable bonds is 7. The Hall–Kier alpha value is -2.10. The first-order valence-electron chi connectivity index (χ1n) is 8.35. The Labute approximate surface area is 146 Å². The lowest BCUT2D eigenvalue weighted by Gasteiger charge is -2.31. The molecule has 1 atom stereocenters. The van der Waals surface area contributed by atoms with E-state index in [-0.39, 0.29) is 6.10 Å². The van der Waals surface area contributed by atoms with E-state index in [0.29, 0.717) is 43.8 Å². The summed E-state index contributed by atoms with van der Waals surface area (Å²) in [4.78, 5) is 15.5. The van der Waals surface area contributed by atoms with Crippen LogP contribution in [-0.2, 0) is 16.0 Å². The average Bonchev–Trinajstić information content (AvgIpc) is 3.00. The lowest BCUT2D eigenvalue weighted by atomic mass is 10.2. The molecular weight excluding hydrogens is 324 g/mol. The number of nitrogens with zero attached hydrogens (tertiary/aromatic N) is 5. The molecule has 3 rings (SSSR count). The number of nitrogens with one attached hydrogen (secondary N) is 1. The minimum atomic E-state index is -0.105. The van der Waals surface area contributed by atoms with Crippen molar-refractivity contribution in [2.75, 3.05) is 45.3 Å².